The molecule has 0 aliphatic carbocycles. The van der Waals surface area contributed by atoms with Gasteiger partial charge in [-0.2, -0.15) is 5.26 Å². The minimum Gasteiger partial charge on any atom is -0.504 e. The number of aryl methyl sites for hydroxylation is 1. The monoisotopic (exact) mass is 709 g/mol. The second-order valence-corrected chi connectivity index (χ2v) is 14.0. The highest BCUT2D eigenvalue weighted by Gasteiger charge is 2.57. The van der Waals surface area contributed by atoms with Gasteiger partial charge in [-0.05, 0) is 57.4 Å². The van der Waals surface area contributed by atoms with Crippen LogP contribution in [0.3, 0.4) is 0 Å². The number of hydrogen-bond acceptors (Lipinski definition) is 11. The molecule has 1 saturated heterocycles. The summed E-state index contributed by atoms with van der Waals surface area (Å²) < 4.78 is 23.6. The van der Waals surface area contributed by atoms with Crippen molar-refractivity contribution < 1.29 is 38.4 Å². The van der Waals surface area contributed by atoms with Crippen LogP contribution >= 0.6 is 0 Å². The normalized spacial score (nSPS) is 23.3. The Bertz CT molecular complexity index is 1990. The van der Waals surface area contributed by atoms with Crippen LogP contribution in [0.25, 0.3) is 0 Å². The van der Waals surface area contributed by atoms with E-state index in [0.717, 1.165) is 22.3 Å². The number of nitriles is 1. The number of fused-ring (bicyclic) bond motifs is 9. The number of ether oxygens (including phenoxy) is 4. The van der Waals surface area contributed by atoms with Gasteiger partial charge in [-0.3, -0.25) is 24.2 Å². The Morgan fingerprint density at radius 3 is 2.50 bits per heavy atom. The van der Waals surface area contributed by atoms with Crippen molar-refractivity contribution in [2.75, 3.05) is 27.5 Å². The fourth-order valence-electron chi connectivity index (χ4n) is 8.80. The summed E-state index contributed by atoms with van der Waals surface area (Å²) >= 11 is 0. The van der Waals surface area contributed by atoms with Gasteiger partial charge >= 0.3 is 5.97 Å². The number of esters is 1. The smallest absolute Gasteiger partial charge is 0.308 e. The van der Waals surface area contributed by atoms with E-state index in [2.05, 4.69) is 26.5 Å². The first-order valence-corrected chi connectivity index (χ1v) is 17.5. The zero-order chi connectivity index (χ0) is 37.0. The molecule has 13 heteroatoms. The molecule has 0 saturated carbocycles. The molecule has 1 fully saturated rings. The van der Waals surface area contributed by atoms with Gasteiger partial charge in [0, 0.05) is 47.8 Å². The number of hydrogen-bond donors (Lipinski definition) is 3. The number of phenols is 1. The minimum atomic E-state index is -0.854. The van der Waals surface area contributed by atoms with E-state index in [9.17, 15) is 24.8 Å². The first kappa shape index (κ1) is 35.1. The van der Waals surface area contributed by atoms with Crippen LogP contribution in [0.4, 0.5) is 0 Å². The molecule has 4 heterocycles. The highest BCUT2D eigenvalue weighted by atomic mass is 16.7. The van der Waals surface area contributed by atoms with E-state index < -0.39 is 42.1 Å². The zero-order valence-corrected chi connectivity index (χ0v) is 30.1. The molecule has 13 nitrogen and oxygen atoms in total. The van der Waals surface area contributed by atoms with Gasteiger partial charge in [0.15, 0.2) is 23.0 Å². The van der Waals surface area contributed by atoms with Gasteiger partial charge in [-0.15, -0.1) is 0 Å². The molecule has 0 aromatic heterocycles. The number of methoxy groups -OCH3 is 1. The van der Waals surface area contributed by atoms with Gasteiger partial charge in [-0.1, -0.05) is 36.4 Å². The highest BCUT2D eigenvalue weighted by molar-refractivity contribution is 5.88. The molecule has 4 aliphatic heterocycles. The van der Waals surface area contributed by atoms with Gasteiger partial charge in [-0.25, -0.2) is 0 Å². The zero-order valence-electron chi connectivity index (χ0n) is 30.1. The molecule has 272 valence electrons. The van der Waals surface area contributed by atoms with Crippen molar-refractivity contribution in [2.24, 2.45) is 0 Å². The molecule has 4 aliphatic rings. The largest absolute Gasteiger partial charge is 0.504 e. The summed E-state index contributed by atoms with van der Waals surface area (Å²) in [5.74, 6) is 0.518. The molecule has 0 radical (unpaired) electrons. The van der Waals surface area contributed by atoms with E-state index in [1.807, 2.05) is 57.3 Å². The van der Waals surface area contributed by atoms with E-state index in [1.54, 1.807) is 6.92 Å². The molecular formula is C39H43N5O8. The quantitative estimate of drug-likeness (QED) is 0.232. The van der Waals surface area contributed by atoms with E-state index in [-0.39, 0.29) is 37.5 Å². The molecule has 2 bridgehead atoms. The maximum absolute atomic E-state index is 13.7. The second kappa shape index (κ2) is 13.7. The standard InChI is InChI=1S/C39H43N5O8/c1-19-12-24-14-26-28(16-40)44-27(33(43(26)5)31(24)34(47)35(19)49-6)15-25-32(38-37(50-18-51-38)20(2)36(25)52-22(4)45)29(44)17-41-39(48)21(3)42-30(46)13-23-10-8-7-9-11-23/h7-12,21,26-29,33,47H,13-15,17-18H2,1-6H3,(H,41,48)(H,42,46)/t21-,26?,27?,28?,29-,33-/m0/s1. The summed E-state index contributed by atoms with van der Waals surface area (Å²) in [6, 6.07) is 10.7. The summed E-state index contributed by atoms with van der Waals surface area (Å²) in [7, 11) is 3.50. The minimum absolute atomic E-state index is 0.0387. The van der Waals surface area contributed by atoms with Crippen molar-refractivity contribution in [2.45, 2.75) is 83.2 Å². The first-order chi connectivity index (χ1) is 24.9. The van der Waals surface area contributed by atoms with Crippen LogP contribution in [-0.4, -0.2) is 84.4 Å². The van der Waals surface area contributed by atoms with Gasteiger partial charge < -0.3 is 34.7 Å². The van der Waals surface area contributed by atoms with E-state index in [1.165, 1.54) is 14.0 Å². The third-order valence-electron chi connectivity index (χ3n) is 11.0. The Labute approximate surface area is 302 Å². The van der Waals surface area contributed by atoms with Gasteiger partial charge in [0.1, 0.15) is 17.8 Å². The van der Waals surface area contributed by atoms with E-state index in [0.29, 0.717) is 52.5 Å². The van der Waals surface area contributed by atoms with Crippen LogP contribution in [0.15, 0.2) is 36.4 Å². The number of amides is 2. The van der Waals surface area contributed by atoms with E-state index >= 15 is 0 Å². The predicted molar refractivity (Wildman–Crippen MR) is 188 cm³/mol. The Kier molecular flexibility index (Phi) is 9.23. The van der Waals surface area contributed by atoms with Crippen LogP contribution in [0.2, 0.25) is 0 Å². The summed E-state index contributed by atoms with van der Waals surface area (Å²) in [6.07, 6.45) is 0.966. The number of aromatic hydroxyl groups is 1. The molecule has 3 N–H and O–H groups in total. The lowest BCUT2D eigenvalue weighted by Gasteiger charge is -2.60. The number of carbonyl (C=O) groups is 3. The Hall–Kier alpha value is -5.32. The number of piperazine rings is 1. The van der Waals surface area contributed by atoms with Gasteiger partial charge in [0.2, 0.25) is 18.6 Å². The Morgan fingerprint density at radius 1 is 1.08 bits per heavy atom. The van der Waals surface area contributed by atoms with Crippen molar-refractivity contribution in [1.29, 1.82) is 5.26 Å². The molecule has 7 rings (SSSR count). The van der Waals surface area contributed by atoms with Crippen molar-refractivity contribution in [1.82, 2.24) is 20.4 Å². The summed E-state index contributed by atoms with van der Waals surface area (Å²) in [6.45, 7) is 6.65. The Balaban J connectivity index is 1.31. The van der Waals surface area contributed by atoms with Gasteiger partial charge in [0.05, 0.1) is 31.7 Å². The number of phenolic OH excluding ortho intramolecular Hbond substituents is 1. The second-order valence-electron chi connectivity index (χ2n) is 14.0. The molecule has 3 aromatic carbocycles. The molecule has 3 aromatic rings. The SMILES string of the molecule is COc1c(C)cc2c(c1O)[C@@H]1C3Cc4c(OC(C)=O)c(C)c5c(c4[C@H](CNC(=O)[C@H](C)NC(=O)Cc4ccccc4)N3C(C#N)C(C2)N1C)OCO5. The van der Waals surface area contributed by atoms with Crippen LogP contribution in [0, 0.1) is 25.2 Å². The number of likely N-dealkylation sites (N-methyl/N-ethyl adjacent to an activating group) is 1. The van der Waals surface area contributed by atoms with Crippen molar-refractivity contribution in [3.63, 3.8) is 0 Å². The lowest BCUT2D eigenvalue weighted by atomic mass is 9.71. The lowest BCUT2D eigenvalue weighted by Crippen LogP contribution is -2.69. The first-order valence-electron chi connectivity index (χ1n) is 17.5. The van der Waals surface area contributed by atoms with Crippen LogP contribution in [0.1, 0.15) is 64.9 Å². The fourth-order valence-corrected chi connectivity index (χ4v) is 8.80. The van der Waals surface area contributed by atoms with Gasteiger partial charge in [0.25, 0.3) is 0 Å². The van der Waals surface area contributed by atoms with Crippen LogP contribution in [-0.2, 0) is 33.6 Å². The average Bonchev–Trinajstić information content (AvgIpc) is 3.60. The van der Waals surface area contributed by atoms with Crippen molar-refractivity contribution >= 4 is 17.8 Å². The molecule has 0 spiro atoms. The maximum atomic E-state index is 13.7. The molecule has 3 unspecified atom stereocenters. The predicted octanol–water partition coefficient (Wildman–Crippen LogP) is 3.31. The molecular weight excluding hydrogens is 666 g/mol. The molecule has 52 heavy (non-hydrogen) atoms. The number of nitrogens with zero attached hydrogens (tertiary/aromatic N) is 3. The molecule has 2 amide bonds. The summed E-state index contributed by atoms with van der Waals surface area (Å²) in [4.78, 5) is 43.3. The number of nitrogens with one attached hydrogen (secondary N) is 2. The lowest BCUT2D eigenvalue weighted by molar-refractivity contribution is -0.132. The van der Waals surface area contributed by atoms with E-state index in [4.69, 9.17) is 18.9 Å². The van der Waals surface area contributed by atoms with Crippen molar-refractivity contribution in [3.05, 3.63) is 75.3 Å². The fraction of sp³-hybridized carbons (Fsp3) is 0.436. The average molecular weight is 710 g/mol. The maximum Gasteiger partial charge on any atom is 0.308 e. The highest BCUT2D eigenvalue weighted by Crippen LogP contribution is 2.58. The number of carbonyl (C=O) groups excluding carboxylic acids is 3. The van der Waals surface area contributed by atoms with Crippen LogP contribution in [0.5, 0.6) is 28.7 Å². The number of rotatable bonds is 8. The third-order valence-corrected chi connectivity index (χ3v) is 11.0. The summed E-state index contributed by atoms with van der Waals surface area (Å²) in [5.41, 5.74) is 5.27. The Morgan fingerprint density at radius 2 is 1.81 bits per heavy atom. The number of benzene rings is 3. The summed E-state index contributed by atoms with van der Waals surface area (Å²) in [5, 5.41) is 28.5. The molecule has 6 atom stereocenters. The van der Waals surface area contributed by atoms with Crippen molar-refractivity contribution in [3.8, 4) is 34.8 Å². The topological polar surface area (TPSA) is 163 Å². The van der Waals surface area contributed by atoms with Crippen LogP contribution < -0.4 is 29.6 Å². The third kappa shape index (κ3) is 5.76.